The lowest BCUT2D eigenvalue weighted by atomic mass is 10.2. The van der Waals surface area contributed by atoms with Crippen LogP contribution >= 0.6 is 0 Å². The smallest absolute Gasteiger partial charge is 0.279 e. The summed E-state index contributed by atoms with van der Waals surface area (Å²) in [6.45, 7) is 3.63. The van der Waals surface area contributed by atoms with Crippen molar-refractivity contribution >= 4 is 41.4 Å². The van der Waals surface area contributed by atoms with Crippen molar-refractivity contribution in [2.75, 3.05) is 9.44 Å². The summed E-state index contributed by atoms with van der Waals surface area (Å²) in [6.07, 6.45) is 0. The van der Waals surface area contributed by atoms with Crippen molar-refractivity contribution in [3.63, 3.8) is 0 Å². The molecule has 3 aromatic carbocycles. The molecule has 0 fully saturated rings. The van der Waals surface area contributed by atoms with Crippen LogP contribution in [0.2, 0.25) is 0 Å². The summed E-state index contributed by atoms with van der Waals surface area (Å²) in [7, 11) is -12.0. The van der Waals surface area contributed by atoms with Crippen molar-refractivity contribution in [3.8, 4) is 0 Å². The first-order valence-electron chi connectivity index (χ1n) is 9.58. The molecule has 3 rings (SSSR count). The van der Waals surface area contributed by atoms with Crippen molar-refractivity contribution < 1.29 is 25.3 Å². The van der Waals surface area contributed by atoms with E-state index in [1.165, 1.54) is 42.5 Å². The monoisotopic (exact) mass is 509 g/mol. The van der Waals surface area contributed by atoms with Gasteiger partial charge in [-0.2, -0.15) is 8.42 Å². The van der Waals surface area contributed by atoms with Crippen molar-refractivity contribution in [2.24, 2.45) is 5.14 Å². The molecule has 0 heterocycles. The maximum absolute atomic E-state index is 13.0. The predicted octanol–water partition coefficient (Wildman–Crippen LogP) is 2.69. The molecule has 0 spiro atoms. The van der Waals surface area contributed by atoms with Gasteiger partial charge in [-0.1, -0.05) is 35.4 Å². The van der Waals surface area contributed by atoms with Gasteiger partial charge < -0.3 is 0 Å². The number of rotatable bonds is 8. The van der Waals surface area contributed by atoms with Crippen LogP contribution in [0.3, 0.4) is 0 Å². The Bertz CT molecular complexity index is 1480. The fourth-order valence-electron chi connectivity index (χ4n) is 3.00. The number of benzene rings is 3. The Labute approximate surface area is 193 Å². The first kappa shape index (κ1) is 24.7. The largest absolute Gasteiger partial charge is 0.296 e. The second-order valence-corrected chi connectivity index (χ2v) is 12.5. The molecule has 12 heteroatoms. The van der Waals surface area contributed by atoms with Crippen LogP contribution in [0.5, 0.6) is 0 Å². The van der Waals surface area contributed by atoms with Gasteiger partial charge in [0.05, 0.1) is 26.9 Å². The number of nitrogens with one attached hydrogen (secondary N) is 2. The van der Waals surface area contributed by atoms with Gasteiger partial charge in [-0.05, 0) is 61.9 Å². The standard InChI is InChI=1S/C21H23N3O6S3/c1-15-3-8-19(9-4-15)31(25,26)14-17-13-18(23-33(22,29)30)7-12-21(17)24-32(27,28)20-10-5-16(2)6-11-20/h3-13,23-24H,14H2,1-2H3,(H2,22,29,30). The van der Waals surface area contributed by atoms with Crippen LogP contribution in [0.1, 0.15) is 16.7 Å². The molecule has 0 unspecified atom stereocenters. The lowest BCUT2D eigenvalue weighted by Crippen LogP contribution is -2.22. The Morgan fingerprint density at radius 3 is 1.73 bits per heavy atom. The molecule has 0 aliphatic heterocycles. The molecule has 0 amide bonds. The summed E-state index contributed by atoms with van der Waals surface area (Å²) in [5, 5.41) is 5.01. The molecule has 3 aromatic rings. The first-order chi connectivity index (χ1) is 15.2. The number of aryl methyl sites for hydroxylation is 2. The van der Waals surface area contributed by atoms with E-state index in [0.717, 1.165) is 11.1 Å². The van der Waals surface area contributed by atoms with Gasteiger partial charge in [0.1, 0.15) is 0 Å². The average molecular weight is 510 g/mol. The molecular weight excluding hydrogens is 486 g/mol. The van der Waals surface area contributed by atoms with E-state index < -0.39 is 35.8 Å². The Kier molecular flexibility index (Phi) is 6.84. The van der Waals surface area contributed by atoms with E-state index in [9.17, 15) is 25.3 Å². The molecule has 0 atom stereocenters. The molecule has 0 saturated carbocycles. The summed E-state index contributed by atoms with van der Waals surface area (Å²) in [5.41, 5.74) is 1.77. The summed E-state index contributed by atoms with van der Waals surface area (Å²) in [4.78, 5) is 0.0393. The number of sulfonamides is 1. The summed E-state index contributed by atoms with van der Waals surface area (Å²) < 4.78 is 79.0. The summed E-state index contributed by atoms with van der Waals surface area (Å²) in [5.74, 6) is -0.581. The Balaban J connectivity index is 2.04. The normalized spacial score (nSPS) is 12.3. The second kappa shape index (κ2) is 9.14. The van der Waals surface area contributed by atoms with Gasteiger partial charge in [-0.3, -0.25) is 9.44 Å². The molecule has 0 aliphatic carbocycles. The minimum Gasteiger partial charge on any atom is -0.279 e. The summed E-state index contributed by atoms with van der Waals surface area (Å²) in [6, 6.07) is 16.1. The second-order valence-electron chi connectivity index (χ2n) is 7.51. The zero-order valence-corrected chi connectivity index (χ0v) is 20.3. The maximum Gasteiger partial charge on any atom is 0.296 e. The molecule has 0 aliphatic rings. The highest BCUT2D eigenvalue weighted by molar-refractivity contribution is 7.92. The minimum absolute atomic E-state index is 0.00724. The average Bonchev–Trinajstić information content (AvgIpc) is 2.69. The van der Waals surface area contributed by atoms with Crippen molar-refractivity contribution in [1.82, 2.24) is 0 Å². The molecular formula is C21H23N3O6S3. The van der Waals surface area contributed by atoms with Gasteiger partial charge in [0.2, 0.25) is 0 Å². The quantitative estimate of drug-likeness (QED) is 0.424. The van der Waals surface area contributed by atoms with Crippen LogP contribution in [-0.2, 0) is 35.8 Å². The molecule has 176 valence electrons. The van der Waals surface area contributed by atoms with E-state index in [1.807, 2.05) is 13.8 Å². The minimum atomic E-state index is -4.13. The van der Waals surface area contributed by atoms with Gasteiger partial charge in [0, 0.05) is 0 Å². The number of hydrogen-bond donors (Lipinski definition) is 3. The topological polar surface area (TPSA) is 152 Å². The highest BCUT2D eigenvalue weighted by atomic mass is 32.2. The first-order valence-corrected chi connectivity index (χ1v) is 14.3. The third-order valence-electron chi connectivity index (χ3n) is 4.67. The van der Waals surface area contributed by atoms with Crippen molar-refractivity contribution in [2.45, 2.75) is 29.4 Å². The fourth-order valence-corrected chi connectivity index (χ4v) is 5.92. The van der Waals surface area contributed by atoms with E-state index >= 15 is 0 Å². The van der Waals surface area contributed by atoms with E-state index in [-0.39, 0.29) is 26.7 Å². The zero-order chi connectivity index (χ0) is 24.4. The number of sulfone groups is 1. The van der Waals surface area contributed by atoms with E-state index in [0.29, 0.717) is 0 Å². The fraction of sp³-hybridized carbons (Fsp3) is 0.143. The lowest BCUT2D eigenvalue weighted by molar-refractivity contribution is 0.594. The van der Waals surface area contributed by atoms with Gasteiger partial charge >= 0.3 is 0 Å². The van der Waals surface area contributed by atoms with Gasteiger partial charge in [-0.25, -0.2) is 22.0 Å². The molecule has 9 nitrogen and oxygen atoms in total. The molecule has 4 N–H and O–H groups in total. The van der Waals surface area contributed by atoms with Crippen LogP contribution in [0, 0.1) is 13.8 Å². The molecule has 33 heavy (non-hydrogen) atoms. The Morgan fingerprint density at radius 2 is 1.21 bits per heavy atom. The van der Waals surface area contributed by atoms with Gasteiger partial charge in [-0.15, -0.1) is 0 Å². The third-order valence-corrected chi connectivity index (χ3v) is 8.25. The highest BCUT2D eigenvalue weighted by Gasteiger charge is 2.22. The van der Waals surface area contributed by atoms with Crippen LogP contribution in [-0.4, -0.2) is 25.3 Å². The van der Waals surface area contributed by atoms with Crippen LogP contribution in [0.4, 0.5) is 11.4 Å². The maximum atomic E-state index is 13.0. The van der Waals surface area contributed by atoms with Crippen LogP contribution in [0.15, 0.2) is 76.5 Å². The van der Waals surface area contributed by atoms with Crippen LogP contribution < -0.4 is 14.6 Å². The molecule has 0 radical (unpaired) electrons. The van der Waals surface area contributed by atoms with Crippen molar-refractivity contribution in [3.05, 3.63) is 83.4 Å². The molecule has 0 bridgehead atoms. The highest BCUT2D eigenvalue weighted by Crippen LogP contribution is 2.28. The molecule has 0 saturated heterocycles. The Morgan fingerprint density at radius 1 is 0.697 bits per heavy atom. The predicted molar refractivity (Wildman–Crippen MR) is 127 cm³/mol. The third kappa shape index (κ3) is 6.54. The summed E-state index contributed by atoms with van der Waals surface area (Å²) >= 11 is 0. The lowest BCUT2D eigenvalue weighted by Gasteiger charge is -2.15. The Hall–Kier alpha value is -2.93. The SMILES string of the molecule is Cc1ccc(S(=O)(=O)Cc2cc(NS(N)(=O)=O)ccc2NS(=O)(=O)c2ccc(C)cc2)cc1. The van der Waals surface area contributed by atoms with E-state index in [2.05, 4.69) is 9.44 Å². The van der Waals surface area contributed by atoms with E-state index in [1.54, 1.807) is 24.3 Å². The van der Waals surface area contributed by atoms with Gasteiger partial charge in [0.25, 0.3) is 20.2 Å². The number of hydrogen-bond acceptors (Lipinski definition) is 6. The molecule has 0 aromatic heterocycles. The van der Waals surface area contributed by atoms with Crippen LogP contribution in [0.25, 0.3) is 0 Å². The number of nitrogens with two attached hydrogens (primary N) is 1. The zero-order valence-electron chi connectivity index (χ0n) is 17.8. The van der Waals surface area contributed by atoms with Crippen molar-refractivity contribution in [1.29, 1.82) is 0 Å². The number of anilines is 2. The van der Waals surface area contributed by atoms with E-state index in [4.69, 9.17) is 5.14 Å². The van der Waals surface area contributed by atoms with Gasteiger partial charge in [0.15, 0.2) is 9.84 Å².